The lowest BCUT2D eigenvalue weighted by Crippen LogP contribution is -2.45. The Hall–Kier alpha value is -2.45. The topological polar surface area (TPSA) is 124 Å². The third kappa shape index (κ3) is 3.36. The first-order valence-electron chi connectivity index (χ1n) is 6.34. The van der Waals surface area contributed by atoms with Crippen LogP contribution >= 0.6 is 0 Å². The number of rotatable bonds is 6. The van der Waals surface area contributed by atoms with E-state index in [2.05, 4.69) is 0 Å². The first-order chi connectivity index (χ1) is 9.61. The van der Waals surface area contributed by atoms with E-state index in [0.717, 1.165) is 10.8 Å². The third-order valence-electron chi connectivity index (χ3n) is 3.01. The van der Waals surface area contributed by atoms with Crippen molar-refractivity contribution in [2.24, 2.45) is 5.41 Å². The Bertz CT molecular complexity index is 685. The van der Waals surface area contributed by atoms with Crippen LogP contribution in [0.2, 0.25) is 0 Å². The molecule has 0 atom stereocenters. The Labute approximate surface area is 119 Å². The Kier molecular flexibility index (Phi) is 4.66. The second-order valence-corrected chi connectivity index (χ2v) is 5.33. The van der Waals surface area contributed by atoms with E-state index < -0.39 is 39.8 Å². The quantitative estimate of drug-likeness (QED) is 0.600. The Morgan fingerprint density at radius 3 is 2.43 bits per heavy atom. The number of aromatic nitrogens is 2. The molecule has 0 amide bonds. The smallest absolute Gasteiger partial charge is 0.350 e. The molecular weight excluding hydrogens is 282 g/mol. The fourth-order valence-corrected chi connectivity index (χ4v) is 1.77. The van der Waals surface area contributed by atoms with Gasteiger partial charge < -0.3 is 5.11 Å². The van der Waals surface area contributed by atoms with E-state index >= 15 is 0 Å². The molecule has 1 N–H and O–H groups in total. The summed E-state index contributed by atoms with van der Waals surface area (Å²) in [6.07, 6.45) is 1.44. The number of aryl methyl sites for hydroxylation is 1. The Morgan fingerprint density at radius 1 is 1.43 bits per heavy atom. The molecule has 9 heteroatoms. The summed E-state index contributed by atoms with van der Waals surface area (Å²) < 4.78 is 1.67. The lowest BCUT2D eigenvalue weighted by Gasteiger charge is -2.20. The maximum absolute atomic E-state index is 12.2. The summed E-state index contributed by atoms with van der Waals surface area (Å²) >= 11 is 0. The standard InChI is InChI=1S/C12H17N3O6/c1-4-5-13-6-8(15(20)21)9(16)14(11(13)19)7-12(2,3)10(17)18/h6H,4-5,7H2,1-3H3,(H,17,18). The van der Waals surface area contributed by atoms with Crippen LogP contribution < -0.4 is 11.2 Å². The Morgan fingerprint density at radius 2 is 2.00 bits per heavy atom. The summed E-state index contributed by atoms with van der Waals surface area (Å²) in [4.78, 5) is 45.3. The molecule has 1 rings (SSSR count). The first-order valence-corrected chi connectivity index (χ1v) is 6.34. The van der Waals surface area contributed by atoms with Gasteiger partial charge in [0.15, 0.2) is 0 Å². The molecule has 1 aromatic heterocycles. The number of nitrogens with zero attached hydrogens (tertiary/aromatic N) is 3. The van der Waals surface area contributed by atoms with Crippen LogP contribution in [-0.2, 0) is 17.9 Å². The second-order valence-electron chi connectivity index (χ2n) is 5.33. The second kappa shape index (κ2) is 5.90. The highest BCUT2D eigenvalue weighted by molar-refractivity contribution is 5.73. The summed E-state index contributed by atoms with van der Waals surface area (Å²) in [7, 11) is 0. The molecule has 0 aromatic carbocycles. The van der Waals surface area contributed by atoms with Crippen molar-refractivity contribution >= 4 is 11.7 Å². The highest BCUT2D eigenvalue weighted by Crippen LogP contribution is 2.17. The van der Waals surface area contributed by atoms with Crippen LogP contribution in [0.25, 0.3) is 0 Å². The van der Waals surface area contributed by atoms with Gasteiger partial charge in [-0.1, -0.05) is 6.92 Å². The molecule has 0 saturated heterocycles. The van der Waals surface area contributed by atoms with Crippen LogP contribution in [0.4, 0.5) is 5.69 Å². The summed E-state index contributed by atoms with van der Waals surface area (Å²) in [5.74, 6) is -1.21. The van der Waals surface area contributed by atoms with E-state index in [0.29, 0.717) is 11.0 Å². The zero-order valence-electron chi connectivity index (χ0n) is 12.0. The Balaban J connectivity index is 3.56. The number of carbonyl (C=O) groups is 1. The minimum atomic E-state index is -1.40. The van der Waals surface area contributed by atoms with Crippen molar-refractivity contribution in [2.75, 3.05) is 0 Å². The number of hydrogen-bond donors (Lipinski definition) is 1. The average Bonchev–Trinajstić information content (AvgIpc) is 2.37. The zero-order valence-corrected chi connectivity index (χ0v) is 12.0. The highest BCUT2D eigenvalue weighted by Gasteiger charge is 2.31. The van der Waals surface area contributed by atoms with E-state index in [-0.39, 0.29) is 6.54 Å². The molecule has 21 heavy (non-hydrogen) atoms. The van der Waals surface area contributed by atoms with Gasteiger partial charge in [0.1, 0.15) is 0 Å². The van der Waals surface area contributed by atoms with Gasteiger partial charge in [0.2, 0.25) is 0 Å². The van der Waals surface area contributed by atoms with E-state index in [1.165, 1.54) is 13.8 Å². The summed E-state index contributed by atoms with van der Waals surface area (Å²) in [5.41, 5.74) is -3.99. The molecule has 9 nitrogen and oxygen atoms in total. The van der Waals surface area contributed by atoms with Crippen LogP contribution in [0.3, 0.4) is 0 Å². The fraction of sp³-hybridized carbons (Fsp3) is 0.583. The molecule has 0 unspecified atom stereocenters. The van der Waals surface area contributed by atoms with E-state index in [4.69, 9.17) is 5.11 Å². The molecular formula is C12H17N3O6. The molecule has 1 heterocycles. The number of carboxylic acid groups (broad SMARTS) is 1. The molecule has 0 fully saturated rings. The van der Waals surface area contributed by atoms with Crippen molar-refractivity contribution in [1.29, 1.82) is 0 Å². The van der Waals surface area contributed by atoms with Gasteiger partial charge >= 0.3 is 22.9 Å². The molecule has 0 saturated carbocycles. The lowest BCUT2D eigenvalue weighted by molar-refractivity contribution is -0.387. The van der Waals surface area contributed by atoms with E-state index in [1.807, 2.05) is 0 Å². The van der Waals surface area contributed by atoms with Gasteiger partial charge in [-0.25, -0.2) is 4.79 Å². The van der Waals surface area contributed by atoms with E-state index in [1.54, 1.807) is 6.92 Å². The van der Waals surface area contributed by atoms with Crippen LogP contribution in [0.1, 0.15) is 27.2 Å². The van der Waals surface area contributed by atoms with Crippen molar-refractivity contribution in [1.82, 2.24) is 9.13 Å². The zero-order chi connectivity index (χ0) is 16.4. The minimum absolute atomic E-state index is 0.202. The average molecular weight is 299 g/mol. The maximum atomic E-state index is 12.2. The van der Waals surface area contributed by atoms with Gasteiger partial charge in [0, 0.05) is 13.1 Å². The van der Waals surface area contributed by atoms with Gasteiger partial charge in [-0.3, -0.25) is 28.8 Å². The van der Waals surface area contributed by atoms with Gasteiger partial charge in [-0.15, -0.1) is 0 Å². The predicted octanol–water partition coefficient (Wildman–Crippen LogP) is 0.439. The largest absolute Gasteiger partial charge is 0.481 e. The molecule has 0 aliphatic carbocycles. The lowest BCUT2D eigenvalue weighted by atomic mass is 9.94. The van der Waals surface area contributed by atoms with Gasteiger partial charge in [-0.2, -0.15) is 0 Å². The van der Waals surface area contributed by atoms with Gasteiger partial charge in [0.25, 0.3) is 0 Å². The minimum Gasteiger partial charge on any atom is -0.481 e. The van der Waals surface area contributed by atoms with Crippen molar-refractivity contribution in [3.8, 4) is 0 Å². The fourth-order valence-electron chi connectivity index (χ4n) is 1.77. The molecule has 0 spiro atoms. The molecule has 116 valence electrons. The van der Waals surface area contributed by atoms with Gasteiger partial charge in [-0.05, 0) is 20.3 Å². The molecule has 0 radical (unpaired) electrons. The van der Waals surface area contributed by atoms with Crippen molar-refractivity contribution in [2.45, 2.75) is 40.3 Å². The number of aliphatic carboxylic acids is 1. The van der Waals surface area contributed by atoms with Crippen LogP contribution in [0, 0.1) is 15.5 Å². The van der Waals surface area contributed by atoms with Crippen molar-refractivity contribution in [3.05, 3.63) is 37.1 Å². The number of carboxylic acids is 1. The molecule has 0 bridgehead atoms. The summed E-state index contributed by atoms with van der Waals surface area (Å²) in [6, 6.07) is 0. The van der Waals surface area contributed by atoms with Crippen LogP contribution in [-0.4, -0.2) is 25.1 Å². The van der Waals surface area contributed by atoms with E-state index in [9.17, 15) is 24.5 Å². The van der Waals surface area contributed by atoms with Crippen molar-refractivity contribution in [3.63, 3.8) is 0 Å². The van der Waals surface area contributed by atoms with Crippen LogP contribution in [0.5, 0.6) is 0 Å². The van der Waals surface area contributed by atoms with Crippen molar-refractivity contribution < 1.29 is 14.8 Å². The predicted molar refractivity (Wildman–Crippen MR) is 73.3 cm³/mol. The maximum Gasteiger partial charge on any atom is 0.350 e. The number of hydrogen-bond acceptors (Lipinski definition) is 5. The highest BCUT2D eigenvalue weighted by atomic mass is 16.6. The van der Waals surface area contributed by atoms with Gasteiger partial charge in [0.05, 0.1) is 16.5 Å². The first kappa shape index (κ1) is 16.6. The summed E-state index contributed by atoms with van der Waals surface area (Å²) in [6.45, 7) is 4.21. The SMILES string of the molecule is CCCn1cc([N+](=O)[O-])c(=O)n(CC(C)(C)C(=O)O)c1=O. The monoisotopic (exact) mass is 299 g/mol. The molecule has 0 aliphatic rings. The molecule has 0 aliphatic heterocycles. The normalized spacial score (nSPS) is 11.4. The van der Waals surface area contributed by atoms with Crippen LogP contribution in [0.15, 0.2) is 15.8 Å². The third-order valence-corrected chi connectivity index (χ3v) is 3.01. The molecule has 1 aromatic rings. The summed E-state index contributed by atoms with van der Waals surface area (Å²) in [5, 5.41) is 20.0. The number of nitro groups is 1.